The van der Waals surface area contributed by atoms with Crippen LogP contribution in [0.15, 0.2) is 18.2 Å². The lowest BCUT2D eigenvalue weighted by Crippen LogP contribution is -2.30. The second-order valence-electron chi connectivity index (χ2n) is 5.01. The minimum atomic E-state index is -0.864. The first-order valence-corrected chi connectivity index (χ1v) is 7.27. The molecule has 0 aromatic carbocycles. The van der Waals surface area contributed by atoms with Crippen LogP contribution in [0.1, 0.15) is 25.2 Å². The first-order chi connectivity index (χ1) is 10.4. The van der Waals surface area contributed by atoms with E-state index in [4.69, 9.17) is 10.2 Å². The number of likely N-dealkylation sites (N-methyl/N-ethyl adjacent to an activating group) is 2. The van der Waals surface area contributed by atoms with Crippen LogP contribution in [0.25, 0.3) is 0 Å². The van der Waals surface area contributed by atoms with E-state index in [0.29, 0.717) is 26.2 Å². The lowest BCUT2D eigenvalue weighted by atomic mass is 10.2. The Balaban J connectivity index is 2.72. The fraction of sp³-hybridized carbons (Fsp3) is 0.533. The maximum Gasteiger partial charge on any atom is 0.317 e. The average Bonchev–Trinajstić information content (AvgIpc) is 2.45. The monoisotopic (exact) mass is 309 g/mol. The minimum absolute atomic E-state index is 0.0253. The summed E-state index contributed by atoms with van der Waals surface area (Å²) < 4.78 is 0. The molecule has 0 saturated heterocycles. The largest absolute Gasteiger partial charge is 0.480 e. The molecule has 0 atom stereocenters. The van der Waals surface area contributed by atoms with Gasteiger partial charge in [0.1, 0.15) is 0 Å². The Kier molecular flexibility index (Phi) is 7.48. The molecule has 122 valence electrons. The Hall–Kier alpha value is -1.99. The van der Waals surface area contributed by atoms with Crippen molar-refractivity contribution in [1.82, 2.24) is 14.8 Å². The molecule has 1 aromatic rings. The van der Waals surface area contributed by atoms with Crippen molar-refractivity contribution in [3.63, 3.8) is 0 Å². The lowest BCUT2D eigenvalue weighted by Gasteiger charge is -2.19. The van der Waals surface area contributed by atoms with Gasteiger partial charge in [-0.1, -0.05) is 19.9 Å². The van der Waals surface area contributed by atoms with E-state index in [-0.39, 0.29) is 13.1 Å². The van der Waals surface area contributed by atoms with Crippen LogP contribution in [0.2, 0.25) is 0 Å². The fourth-order valence-electron chi connectivity index (χ4n) is 2.11. The van der Waals surface area contributed by atoms with Gasteiger partial charge < -0.3 is 10.2 Å². The van der Waals surface area contributed by atoms with Gasteiger partial charge in [-0.05, 0) is 25.2 Å². The summed E-state index contributed by atoms with van der Waals surface area (Å²) in [5.74, 6) is -1.73. The second kappa shape index (κ2) is 9.11. The molecule has 0 bridgehead atoms. The molecule has 1 heterocycles. The van der Waals surface area contributed by atoms with Gasteiger partial charge in [0, 0.05) is 13.1 Å². The molecule has 0 aliphatic heterocycles. The van der Waals surface area contributed by atoms with Gasteiger partial charge >= 0.3 is 11.9 Å². The fourth-order valence-corrected chi connectivity index (χ4v) is 2.11. The van der Waals surface area contributed by atoms with Crippen LogP contribution in [0.3, 0.4) is 0 Å². The molecule has 1 rings (SSSR count). The number of hydrogen-bond acceptors (Lipinski definition) is 5. The smallest absolute Gasteiger partial charge is 0.317 e. The molecule has 0 amide bonds. The van der Waals surface area contributed by atoms with Crippen molar-refractivity contribution < 1.29 is 19.8 Å². The van der Waals surface area contributed by atoms with Crippen LogP contribution in [0.4, 0.5) is 0 Å². The lowest BCUT2D eigenvalue weighted by molar-refractivity contribution is -0.139. The SMILES string of the molecule is CCN(CC(=O)O)Cc1cccc(CN(CC)CC(=O)O)n1. The van der Waals surface area contributed by atoms with Crippen LogP contribution in [-0.2, 0) is 22.7 Å². The van der Waals surface area contributed by atoms with Crippen LogP contribution in [-0.4, -0.2) is 63.1 Å². The predicted molar refractivity (Wildman–Crippen MR) is 81.4 cm³/mol. The maximum absolute atomic E-state index is 10.8. The summed E-state index contributed by atoms with van der Waals surface area (Å²) in [6.45, 7) is 5.92. The van der Waals surface area contributed by atoms with Gasteiger partial charge in [-0.15, -0.1) is 0 Å². The first-order valence-electron chi connectivity index (χ1n) is 7.27. The normalized spacial score (nSPS) is 11.1. The number of rotatable bonds is 10. The molecule has 22 heavy (non-hydrogen) atoms. The molecule has 0 saturated carbocycles. The molecule has 2 N–H and O–H groups in total. The highest BCUT2D eigenvalue weighted by atomic mass is 16.4. The van der Waals surface area contributed by atoms with Gasteiger partial charge in [-0.2, -0.15) is 0 Å². The summed E-state index contributed by atoms with van der Waals surface area (Å²) >= 11 is 0. The molecular formula is C15H23N3O4. The molecule has 0 aliphatic carbocycles. The van der Waals surface area contributed by atoms with Gasteiger partial charge in [0.2, 0.25) is 0 Å². The zero-order valence-corrected chi connectivity index (χ0v) is 13.0. The van der Waals surface area contributed by atoms with E-state index < -0.39 is 11.9 Å². The van der Waals surface area contributed by atoms with Crippen molar-refractivity contribution in [2.75, 3.05) is 26.2 Å². The van der Waals surface area contributed by atoms with E-state index in [9.17, 15) is 9.59 Å². The Labute approximate surface area is 130 Å². The van der Waals surface area contributed by atoms with Crippen molar-refractivity contribution in [2.45, 2.75) is 26.9 Å². The number of aromatic nitrogens is 1. The van der Waals surface area contributed by atoms with Crippen molar-refractivity contribution >= 4 is 11.9 Å². The summed E-state index contributed by atoms with van der Waals surface area (Å²) in [4.78, 5) is 29.6. The number of pyridine rings is 1. The number of aliphatic carboxylic acids is 2. The van der Waals surface area contributed by atoms with Crippen molar-refractivity contribution in [1.29, 1.82) is 0 Å². The van der Waals surface area contributed by atoms with Crippen LogP contribution in [0, 0.1) is 0 Å². The van der Waals surface area contributed by atoms with E-state index in [2.05, 4.69) is 4.98 Å². The van der Waals surface area contributed by atoms with Crippen LogP contribution < -0.4 is 0 Å². The number of hydrogen-bond donors (Lipinski definition) is 2. The standard InChI is InChI=1S/C15H23N3O4/c1-3-17(10-14(19)20)8-12-6-5-7-13(16-12)9-18(4-2)11-15(21)22/h5-7H,3-4,8-11H2,1-2H3,(H,19,20)(H,21,22). The summed E-state index contributed by atoms with van der Waals surface area (Å²) in [7, 11) is 0. The van der Waals surface area contributed by atoms with Gasteiger partial charge in [-0.3, -0.25) is 24.4 Å². The first kappa shape index (κ1) is 18.1. The molecule has 0 spiro atoms. The van der Waals surface area contributed by atoms with Gasteiger partial charge in [-0.25, -0.2) is 0 Å². The van der Waals surface area contributed by atoms with E-state index >= 15 is 0 Å². The summed E-state index contributed by atoms with van der Waals surface area (Å²) in [5, 5.41) is 17.7. The summed E-state index contributed by atoms with van der Waals surface area (Å²) in [6.07, 6.45) is 0. The van der Waals surface area contributed by atoms with Crippen molar-refractivity contribution in [2.24, 2.45) is 0 Å². The van der Waals surface area contributed by atoms with E-state index in [0.717, 1.165) is 11.4 Å². The maximum atomic E-state index is 10.8. The quantitative estimate of drug-likeness (QED) is 0.663. The molecular weight excluding hydrogens is 286 g/mol. The highest BCUT2D eigenvalue weighted by Crippen LogP contribution is 2.06. The minimum Gasteiger partial charge on any atom is -0.480 e. The number of nitrogens with zero attached hydrogens (tertiary/aromatic N) is 3. The summed E-state index contributed by atoms with van der Waals surface area (Å²) in [6, 6.07) is 5.56. The van der Waals surface area contributed by atoms with Crippen molar-refractivity contribution in [3.8, 4) is 0 Å². The third-order valence-electron chi connectivity index (χ3n) is 3.25. The number of carbonyl (C=O) groups is 2. The Morgan fingerprint density at radius 2 is 1.36 bits per heavy atom. The Morgan fingerprint density at radius 1 is 0.955 bits per heavy atom. The topological polar surface area (TPSA) is 94.0 Å². The number of carboxylic acids is 2. The van der Waals surface area contributed by atoms with Gasteiger partial charge in [0.05, 0.1) is 24.5 Å². The zero-order valence-electron chi connectivity index (χ0n) is 13.0. The molecule has 0 aliphatic rings. The van der Waals surface area contributed by atoms with Gasteiger partial charge in [0.25, 0.3) is 0 Å². The third-order valence-corrected chi connectivity index (χ3v) is 3.25. The molecule has 0 fully saturated rings. The molecule has 0 radical (unpaired) electrons. The molecule has 7 heteroatoms. The second-order valence-corrected chi connectivity index (χ2v) is 5.01. The zero-order chi connectivity index (χ0) is 16.5. The third kappa shape index (κ3) is 6.64. The summed E-state index contributed by atoms with van der Waals surface area (Å²) in [5.41, 5.74) is 1.57. The Bertz CT molecular complexity index is 466. The Morgan fingerprint density at radius 3 is 1.68 bits per heavy atom. The van der Waals surface area contributed by atoms with E-state index in [1.807, 2.05) is 32.0 Å². The van der Waals surface area contributed by atoms with Gasteiger partial charge in [0.15, 0.2) is 0 Å². The van der Waals surface area contributed by atoms with Crippen LogP contribution in [0.5, 0.6) is 0 Å². The average molecular weight is 309 g/mol. The van der Waals surface area contributed by atoms with E-state index in [1.54, 1.807) is 9.80 Å². The van der Waals surface area contributed by atoms with Crippen LogP contribution >= 0.6 is 0 Å². The number of carboxylic acid groups (broad SMARTS) is 2. The highest BCUT2D eigenvalue weighted by Gasteiger charge is 2.11. The van der Waals surface area contributed by atoms with E-state index in [1.165, 1.54) is 0 Å². The molecule has 0 unspecified atom stereocenters. The molecule has 1 aromatic heterocycles. The predicted octanol–water partition coefficient (Wildman–Crippen LogP) is 0.895. The highest BCUT2D eigenvalue weighted by molar-refractivity contribution is 5.69. The molecule has 7 nitrogen and oxygen atoms in total. The van der Waals surface area contributed by atoms with Crippen molar-refractivity contribution in [3.05, 3.63) is 29.6 Å².